The van der Waals surface area contributed by atoms with Gasteiger partial charge in [-0.05, 0) is 32.8 Å². The van der Waals surface area contributed by atoms with Gasteiger partial charge in [0.05, 0.1) is 0 Å². The lowest BCUT2D eigenvalue weighted by molar-refractivity contribution is -0.204. The normalized spacial score (nSPS) is 18.5. The fourth-order valence-corrected chi connectivity index (χ4v) is 2.19. The average molecular weight is 334 g/mol. The Hall–Kier alpha value is -2.41. The minimum absolute atomic E-state index is 0.0947. The number of carbonyl (C=O) groups is 3. The van der Waals surface area contributed by atoms with Crippen molar-refractivity contribution in [3.63, 3.8) is 0 Å². The molecule has 1 N–H and O–H groups in total. The van der Waals surface area contributed by atoms with E-state index in [4.69, 9.17) is 9.57 Å². The highest BCUT2D eigenvalue weighted by atomic mass is 16.7. The zero-order valence-electron chi connectivity index (χ0n) is 14.1. The average Bonchev–Trinajstić information content (AvgIpc) is 2.49. The predicted octanol–water partition coefficient (Wildman–Crippen LogP) is 2.16. The van der Waals surface area contributed by atoms with E-state index < -0.39 is 29.6 Å². The van der Waals surface area contributed by atoms with Gasteiger partial charge in [-0.2, -0.15) is 5.06 Å². The van der Waals surface area contributed by atoms with Crippen molar-refractivity contribution in [2.45, 2.75) is 51.9 Å². The van der Waals surface area contributed by atoms with Gasteiger partial charge in [-0.1, -0.05) is 30.3 Å². The summed E-state index contributed by atoms with van der Waals surface area (Å²) in [5, 5.41) is 3.22. The topological polar surface area (TPSA) is 84.9 Å². The summed E-state index contributed by atoms with van der Waals surface area (Å²) >= 11 is 0. The molecule has 1 heterocycles. The minimum atomic E-state index is -0.840. The minimum Gasteiger partial charge on any atom is -0.444 e. The molecule has 0 aromatic heterocycles. The number of imide groups is 1. The van der Waals surface area contributed by atoms with Crippen LogP contribution in [0.4, 0.5) is 4.79 Å². The van der Waals surface area contributed by atoms with E-state index in [0.717, 1.165) is 10.6 Å². The van der Waals surface area contributed by atoms with E-state index in [1.165, 1.54) is 0 Å². The number of nitrogens with zero attached hydrogens (tertiary/aromatic N) is 1. The van der Waals surface area contributed by atoms with Gasteiger partial charge in [-0.25, -0.2) is 4.79 Å². The summed E-state index contributed by atoms with van der Waals surface area (Å²) in [4.78, 5) is 41.4. The molecular weight excluding hydrogens is 312 g/mol. The van der Waals surface area contributed by atoms with Crippen molar-refractivity contribution in [2.24, 2.45) is 0 Å². The van der Waals surface area contributed by atoms with Crippen LogP contribution in [-0.4, -0.2) is 34.6 Å². The van der Waals surface area contributed by atoms with Gasteiger partial charge in [-0.3, -0.25) is 14.4 Å². The first-order valence-electron chi connectivity index (χ1n) is 7.79. The SMILES string of the molecule is CC(C)(C)OC(=O)N[C@H]1CCC(=O)N(OCc2ccccc2)C1=O. The van der Waals surface area contributed by atoms with Crippen LogP contribution in [0, 0.1) is 0 Å². The molecule has 7 heteroatoms. The molecule has 0 aliphatic carbocycles. The van der Waals surface area contributed by atoms with Crippen molar-refractivity contribution < 1.29 is 24.0 Å². The maximum Gasteiger partial charge on any atom is 0.408 e. The largest absolute Gasteiger partial charge is 0.444 e. The maximum atomic E-state index is 12.4. The van der Waals surface area contributed by atoms with E-state index in [1.807, 2.05) is 30.3 Å². The molecule has 7 nitrogen and oxygen atoms in total. The van der Waals surface area contributed by atoms with Crippen molar-refractivity contribution in [1.82, 2.24) is 10.4 Å². The van der Waals surface area contributed by atoms with Gasteiger partial charge >= 0.3 is 6.09 Å². The number of nitrogens with one attached hydrogen (secondary N) is 1. The van der Waals surface area contributed by atoms with E-state index in [9.17, 15) is 14.4 Å². The third kappa shape index (κ3) is 5.06. The molecule has 1 aliphatic rings. The summed E-state index contributed by atoms with van der Waals surface area (Å²) in [5.41, 5.74) is 0.168. The van der Waals surface area contributed by atoms with E-state index in [-0.39, 0.29) is 19.4 Å². The molecule has 0 saturated carbocycles. The van der Waals surface area contributed by atoms with Crippen LogP contribution >= 0.6 is 0 Å². The second-order valence-corrected chi connectivity index (χ2v) is 6.52. The van der Waals surface area contributed by atoms with Crippen LogP contribution in [0.5, 0.6) is 0 Å². The van der Waals surface area contributed by atoms with Gasteiger partial charge in [0.25, 0.3) is 11.8 Å². The zero-order chi connectivity index (χ0) is 17.7. The first-order valence-corrected chi connectivity index (χ1v) is 7.79. The molecule has 24 heavy (non-hydrogen) atoms. The molecule has 2 rings (SSSR count). The zero-order valence-corrected chi connectivity index (χ0v) is 14.1. The monoisotopic (exact) mass is 334 g/mol. The highest BCUT2D eigenvalue weighted by molar-refractivity contribution is 6.00. The van der Waals surface area contributed by atoms with Crippen molar-refractivity contribution in [1.29, 1.82) is 0 Å². The van der Waals surface area contributed by atoms with Gasteiger partial charge in [0, 0.05) is 6.42 Å². The molecule has 1 fully saturated rings. The van der Waals surface area contributed by atoms with Crippen LogP contribution in [-0.2, 0) is 25.8 Å². The molecule has 1 aromatic rings. The number of hydroxylamine groups is 2. The molecule has 0 radical (unpaired) electrons. The van der Waals surface area contributed by atoms with Gasteiger partial charge in [-0.15, -0.1) is 0 Å². The molecule has 0 spiro atoms. The summed E-state index contributed by atoms with van der Waals surface area (Å²) in [5.74, 6) is -1.01. The van der Waals surface area contributed by atoms with Gasteiger partial charge in [0.1, 0.15) is 18.2 Å². The molecule has 1 aliphatic heterocycles. The van der Waals surface area contributed by atoms with Crippen LogP contribution in [0.15, 0.2) is 30.3 Å². The van der Waals surface area contributed by atoms with E-state index >= 15 is 0 Å². The standard InChI is InChI=1S/C17H22N2O5/c1-17(2,3)24-16(22)18-13-9-10-14(20)19(15(13)21)23-11-12-7-5-4-6-8-12/h4-8,13H,9-11H2,1-3H3,(H,18,22)/t13-/m0/s1. The highest BCUT2D eigenvalue weighted by Gasteiger charge is 2.37. The fourth-order valence-electron chi connectivity index (χ4n) is 2.19. The number of amides is 3. The van der Waals surface area contributed by atoms with E-state index in [1.54, 1.807) is 20.8 Å². The van der Waals surface area contributed by atoms with E-state index in [2.05, 4.69) is 5.32 Å². The number of hydrogen-bond donors (Lipinski definition) is 1. The van der Waals surface area contributed by atoms with Crippen molar-refractivity contribution in [3.8, 4) is 0 Å². The van der Waals surface area contributed by atoms with Crippen LogP contribution in [0.2, 0.25) is 0 Å². The molecule has 130 valence electrons. The Morgan fingerprint density at radius 3 is 2.54 bits per heavy atom. The molecular formula is C17H22N2O5. The number of hydrogen-bond acceptors (Lipinski definition) is 5. The Balaban J connectivity index is 1.95. The second-order valence-electron chi connectivity index (χ2n) is 6.52. The van der Waals surface area contributed by atoms with Gasteiger partial charge in [0.15, 0.2) is 0 Å². The number of ether oxygens (including phenoxy) is 1. The second kappa shape index (κ2) is 7.44. The Labute approximate surface area is 140 Å². The lowest BCUT2D eigenvalue weighted by Gasteiger charge is -2.30. The lowest BCUT2D eigenvalue weighted by Crippen LogP contribution is -2.54. The molecule has 1 aromatic carbocycles. The van der Waals surface area contributed by atoms with E-state index in [0.29, 0.717) is 0 Å². The summed E-state index contributed by atoms with van der Waals surface area (Å²) in [6.07, 6.45) is -0.360. The van der Waals surface area contributed by atoms with Crippen LogP contribution in [0.3, 0.4) is 0 Å². The number of alkyl carbamates (subject to hydrolysis) is 1. The summed E-state index contributed by atoms with van der Waals surface area (Å²) in [6.45, 7) is 5.29. The summed E-state index contributed by atoms with van der Waals surface area (Å²) in [6, 6.07) is 8.36. The van der Waals surface area contributed by atoms with Crippen LogP contribution in [0.25, 0.3) is 0 Å². The molecule has 1 atom stereocenters. The first kappa shape index (κ1) is 17.9. The molecule has 0 unspecified atom stereocenters. The quantitative estimate of drug-likeness (QED) is 0.853. The fraction of sp³-hybridized carbons (Fsp3) is 0.471. The number of rotatable bonds is 4. The third-order valence-corrected chi connectivity index (χ3v) is 3.27. The van der Waals surface area contributed by atoms with Crippen molar-refractivity contribution in [2.75, 3.05) is 0 Å². The summed E-state index contributed by atoms with van der Waals surface area (Å²) in [7, 11) is 0. The smallest absolute Gasteiger partial charge is 0.408 e. The van der Waals surface area contributed by atoms with Crippen molar-refractivity contribution >= 4 is 17.9 Å². The molecule has 0 bridgehead atoms. The number of carbonyl (C=O) groups excluding carboxylic acids is 3. The van der Waals surface area contributed by atoms with Crippen LogP contribution < -0.4 is 5.32 Å². The Bertz CT molecular complexity index is 609. The van der Waals surface area contributed by atoms with Crippen LogP contribution in [0.1, 0.15) is 39.2 Å². The third-order valence-electron chi connectivity index (χ3n) is 3.27. The maximum absolute atomic E-state index is 12.4. The first-order chi connectivity index (χ1) is 11.3. The molecule has 3 amide bonds. The number of piperidine rings is 1. The Kier molecular flexibility index (Phi) is 5.56. The number of benzene rings is 1. The lowest BCUT2D eigenvalue weighted by atomic mass is 10.1. The Morgan fingerprint density at radius 1 is 1.25 bits per heavy atom. The highest BCUT2D eigenvalue weighted by Crippen LogP contribution is 2.16. The predicted molar refractivity (Wildman–Crippen MR) is 85.5 cm³/mol. The summed E-state index contributed by atoms with van der Waals surface area (Å²) < 4.78 is 5.13. The molecule has 1 saturated heterocycles. The Morgan fingerprint density at radius 2 is 1.92 bits per heavy atom. The van der Waals surface area contributed by atoms with Crippen molar-refractivity contribution in [3.05, 3.63) is 35.9 Å². The van der Waals surface area contributed by atoms with Gasteiger partial charge in [0.2, 0.25) is 0 Å². The van der Waals surface area contributed by atoms with Gasteiger partial charge < -0.3 is 10.1 Å².